The van der Waals surface area contributed by atoms with Gasteiger partial charge in [0.2, 0.25) is 5.78 Å². The fourth-order valence-corrected chi connectivity index (χ4v) is 2.80. The van der Waals surface area contributed by atoms with Crippen molar-refractivity contribution in [2.24, 2.45) is 5.73 Å². The maximum Gasteiger partial charge on any atom is 0.202 e. The van der Waals surface area contributed by atoms with E-state index in [1.54, 1.807) is 6.07 Å². The van der Waals surface area contributed by atoms with E-state index in [4.69, 9.17) is 22.7 Å². The topological polar surface area (TPSA) is 64.3 Å². The van der Waals surface area contributed by atoms with Gasteiger partial charge in [-0.1, -0.05) is 60.7 Å². The second-order valence-electron chi connectivity index (χ2n) is 5.61. The Labute approximate surface area is 157 Å². The monoisotopic (exact) mass is 362 g/mol. The third-order valence-corrected chi connectivity index (χ3v) is 3.90. The molecule has 26 heavy (non-hydrogen) atoms. The SMILES string of the molecule is NC(=S)Nc1cccc(-c2ccccc2)c1C(=O)COc1ccccc1. The number of para-hydroxylation sites is 1. The number of anilines is 1. The van der Waals surface area contributed by atoms with Gasteiger partial charge < -0.3 is 15.8 Å². The van der Waals surface area contributed by atoms with Gasteiger partial charge in [-0.15, -0.1) is 0 Å². The van der Waals surface area contributed by atoms with Gasteiger partial charge in [-0.25, -0.2) is 0 Å². The molecular formula is C21H18N2O2S. The van der Waals surface area contributed by atoms with Crippen molar-refractivity contribution in [3.63, 3.8) is 0 Å². The van der Waals surface area contributed by atoms with Crippen molar-refractivity contribution in [1.29, 1.82) is 0 Å². The van der Waals surface area contributed by atoms with Crippen LogP contribution >= 0.6 is 12.2 Å². The number of ketones is 1. The lowest BCUT2D eigenvalue weighted by Gasteiger charge is -2.15. The molecule has 0 aromatic heterocycles. The predicted molar refractivity (Wildman–Crippen MR) is 109 cm³/mol. The zero-order valence-electron chi connectivity index (χ0n) is 14.0. The first-order chi connectivity index (χ1) is 12.6. The second kappa shape index (κ2) is 8.27. The van der Waals surface area contributed by atoms with E-state index >= 15 is 0 Å². The zero-order chi connectivity index (χ0) is 18.4. The third kappa shape index (κ3) is 4.26. The van der Waals surface area contributed by atoms with Crippen molar-refractivity contribution in [2.45, 2.75) is 0 Å². The molecule has 0 aliphatic heterocycles. The molecule has 4 nitrogen and oxygen atoms in total. The van der Waals surface area contributed by atoms with E-state index in [0.29, 0.717) is 17.0 Å². The van der Waals surface area contributed by atoms with Gasteiger partial charge in [0.05, 0.1) is 11.3 Å². The van der Waals surface area contributed by atoms with Crippen LogP contribution in [-0.2, 0) is 0 Å². The number of benzene rings is 3. The van der Waals surface area contributed by atoms with Gasteiger partial charge >= 0.3 is 0 Å². The number of hydrogen-bond donors (Lipinski definition) is 2. The third-order valence-electron chi connectivity index (χ3n) is 3.80. The molecule has 0 aliphatic rings. The summed E-state index contributed by atoms with van der Waals surface area (Å²) in [5, 5.41) is 3.00. The van der Waals surface area contributed by atoms with E-state index < -0.39 is 0 Å². The molecule has 3 N–H and O–H groups in total. The molecule has 3 aromatic rings. The fourth-order valence-electron chi connectivity index (χ4n) is 2.69. The molecule has 3 rings (SSSR count). The minimum Gasteiger partial charge on any atom is -0.485 e. The number of carbonyl (C=O) groups excluding carboxylic acids is 1. The molecule has 0 atom stereocenters. The molecule has 0 amide bonds. The van der Waals surface area contributed by atoms with Crippen LogP contribution in [0.1, 0.15) is 10.4 Å². The molecule has 0 bridgehead atoms. The summed E-state index contributed by atoms with van der Waals surface area (Å²) in [5.41, 5.74) is 8.43. The first-order valence-corrected chi connectivity index (χ1v) is 8.52. The molecule has 0 spiro atoms. The van der Waals surface area contributed by atoms with E-state index in [9.17, 15) is 4.79 Å². The van der Waals surface area contributed by atoms with Crippen molar-refractivity contribution in [1.82, 2.24) is 0 Å². The predicted octanol–water partition coefficient (Wildman–Crippen LogP) is 4.27. The Hall–Kier alpha value is -3.18. The highest BCUT2D eigenvalue weighted by Gasteiger charge is 2.18. The van der Waals surface area contributed by atoms with Crippen LogP contribution in [0.15, 0.2) is 78.9 Å². The average Bonchev–Trinajstić information content (AvgIpc) is 2.67. The average molecular weight is 362 g/mol. The molecule has 3 aromatic carbocycles. The second-order valence-corrected chi connectivity index (χ2v) is 6.05. The van der Waals surface area contributed by atoms with E-state index in [0.717, 1.165) is 11.1 Å². The van der Waals surface area contributed by atoms with Crippen molar-refractivity contribution >= 4 is 28.8 Å². The summed E-state index contributed by atoms with van der Waals surface area (Å²) in [6, 6.07) is 24.5. The van der Waals surface area contributed by atoms with Crippen molar-refractivity contribution in [3.05, 3.63) is 84.4 Å². The maximum absolute atomic E-state index is 13.0. The Morgan fingerprint density at radius 2 is 1.58 bits per heavy atom. The highest BCUT2D eigenvalue weighted by Crippen LogP contribution is 2.30. The number of nitrogens with two attached hydrogens (primary N) is 1. The molecule has 0 aliphatic carbocycles. The number of rotatable bonds is 6. The van der Waals surface area contributed by atoms with Crippen LogP contribution in [0.5, 0.6) is 5.75 Å². The Morgan fingerprint density at radius 1 is 0.923 bits per heavy atom. The van der Waals surface area contributed by atoms with Crippen molar-refractivity contribution in [3.8, 4) is 16.9 Å². The number of carbonyl (C=O) groups is 1. The summed E-state index contributed by atoms with van der Waals surface area (Å²) in [6.07, 6.45) is 0. The highest BCUT2D eigenvalue weighted by atomic mass is 32.1. The summed E-state index contributed by atoms with van der Waals surface area (Å²) in [5.74, 6) is 0.481. The Balaban J connectivity index is 1.96. The van der Waals surface area contributed by atoms with Crippen LogP contribution < -0.4 is 15.8 Å². The number of thiocarbonyl (C=S) groups is 1. The Morgan fingerprint density at radius 3 is 2.23 bits per heavy atom. The van der Waals surface area contributed by atoms with Crippen molar-refractivity contribution in [2.75, 3.05) is 11.9 Å². The Bertz CT molecular complexity index is 912. The summed E-state index contributed by atoms with van der Waals surface area (Å²) in [7, 11) is 0. The Kier molecular flexibility index (Phi) is 5.61. The highest BCUT2D eigenvalue weighted by molar-refractivity contribution is 7.80. The molecule has 130 valence electrons. The first kappa shape index (κ1) is 17.6. The number of ether oxygens (including phenoxy) is 1. The smallest absolute Gasteiger partial charge is 0.202 e. The van der Waals surface area contributed by atoms with Gasteiger partial charge in [0.15, 0.2) is 11.7 Å². The minimum absolute atomic E-state index is 0.0835. The van der Waals surface area contributed by atoms with E-state index in [1.165, 1.54) is 0 Å². The molecule has 0 heterocycles. The van der Waals surface area contributed by atoms with Crippen LogP contribution in [0.2, 0.25) is 0 Å². The number of hydrogen-bond acceptors (Lipinski definition) is 3. The standard InChI is InChI=1S/C21H18N2O2S/c22-21(26)23-18-13-7-12-17(15-8-3-1-4-9-15)20(18)19(24)14-25-16-10-5-2-6-11-16/h1-13H,14H2,(H3,22,23,26). The largest absolute Gasteiger partial charge is 0.485 e. The molecule has 0 saturated heterocycles. The van der Waals surface area contributed by atoms with Crippen LogP contribution in [0.4, 0.5) is 5.69 Å². The molecule has 0 fully saturated rings. The van der Waals surface area contributed by atoms with Gasteiger partial charge in [0.1, 0.15) is 5.75 Å². The molecule has 0 radical (unpaired) electrons. The first-order valence-electron chi connectivity index (χ1n) is 8.11. The molecule has 0 saturated carbocycles. The number of Topliss-reactive ketones (excluding diaryl/α,β-unsaturated/α-hetero) is 1. The van der Waals surface area contributed by atoms with Gasteiger partial charge in [0, 0.05) is 0 Å². The van der Waals surface area contributed by atoms with Crippen LogP contribution in [0.3, 0.4) is 0 Å². The summed E-state index contributed by atoms with van der Waals surface area (Å²) >= 11 is 4.95. The normalized spacial score (nSPS) is 10.2. The molecular weight excluding hydrogens is 344 g/mol. The van der Waals surface area contributed by atoms with E-state index in [-0.39, 0.29) is 17.5 Å². The molecule has 5 heteroatoms. The summed E-state index contributed by atoms with van der Waals surface area (Å²) in [4.78, 5) is 13.0. The maximum atomic E-state index is 13.0. The lowest BCUT2D eigenvalue weighted by molar-refractivity contribution is 0.0923. The quantitative estimate of drug-likeness (QED) is 0.506. The van der Waals surface area contributed by atoms with Crippen molar-refractivity contribution < 1.29 is 9.53 Å². The van der Waals surface area contributed by atoms with Crippen LogP contribution in [-0.4, -0.2) is 17.5 Å². The van der Waals surface area contributed by atoms with Gasteiger partial charge in [-0.2, -0.15) is 0 Å². The number of nitrogens with one attached hydrogen (secondary N) is 1. The molecule has 0 unspecified atom stereocenters. The van der Waals surface area contributed by atoms with Gasteiger partial charge in [-0.3, -0.25) is 4.79 Å². The summed E-state index contributed by atoms with van der Waals surface area (Å²) in [6.45, 7) is -0.0835. The van der Waals surface area contributed by atoms with Crippen LogP contribution in [0.25, 0.3) is 11.1 Å². The minimum atomic E-state index is -0.160. The fraction of sp³-hybridized carbons (Fsp3) is 0.0476. The lowest BCUT2D eigenvalue weighted by Crippen LogP contribution is -2.22. The van der Waals surface area contributed by atoms with Crippen LogP contribution in [0, 0.1) is 0 Å². The zero-order valence-corrected chi connectivity index (χ0v) is 14.8. The van der Waals surface area contributed by atoms with E-state index in [2.05, 4.69) is 5.32 Å². The summed E-state index contributed by atoms with van der Waals surface area (Å²) < 4.78 is 5.63. The lowest BCUT2D eigenvalue weighted by atomic mass is 9.95. The van der Waals surface area contributed by atoms with Gasteiger partial charge in [-0.05, 0) is 41.5 Å². The van der Waals surface area contributed by atoms with E-state index in [1.807, 2.05) is 72.8 Å². The van der Waals surface area contributed by atoms with Gasteiger partial charge in [0.25, 0.3) is 0 Å².